The number of hydrogen-bond acceptors (Lipinski definition) is 4. The van der Waals surface area contributed by atoms with E-state index >= 15 is 0 Å². The molecule has 0 radical (unpaired) electrons. The fourth-order valence-corrected chi connectivity index (χ4v) is 2.97. The van der Waals surface area contributed by atoms with E-state index in [9.17, 15) is 9.59 Å². The molecule has 0 aliphatic heterocycles. The standard InChI is InChI=1S/C24H41N5O3/c1-9-25-22(27-16-18(2)17-29(8)23(31)32-24(3,4)5)26-14-13-19-11-10-12-20(15-19)21(30)28(6)7/h10-12,15,18H,9,13-14,16-17H2,1-8H3,(H2,25,26,27). The molecule has 0 bridgehead atoms. The first kappa shape index (κ1) is 27.3. The van der Waals surface area contributed by atoms with Gasteiger partial charge in [0.1, 0.15) is 5.60 Å². The Balaban J connectivity index is 2.58. The molecule has 1 rings (SSSR count). The summed E-state index contributed by atoms with van der Waals surface area (Å²) < 4.78 is 5.40. The van der Waals surface area contributed by atoms with Gasteiger partial charge in [-0.15, -0.1) is 0 Å². The molecule has 0 saturated heterocycles. The van der Waals surface area contributed by atoms with Crippen LogP contribution in [-0.4, -0.2) is 80.7 Å². The van der Waals surface area contributed by atoms with Gasteiger partial charge in [-0.2, -0.15) is 0 Å². The third-order valence-electron chi connectivity index (χ3n) is 4.48. The molecule has 1 unspecified atom stereocenters. The lowest BCUT2D eigenvalue weighted by molar-refractivity contribution is 0.0278. The second-order valence-electron chi connectivity index (χ2n) is 9.26. The van der Waals surface area contributed by atoms with Gasteiger partial charge in [0.05, 0.1) is 0 Å². The molecule has 0 aliphatic carbocycles. The summed E-state index contributed by atoms with van der Waals surface area (Å²) in [6.07, 6.45) is 0.448. The summed E-state index contributed by atoms with van der Waals surface area (Å²) in [6, 6.07) is 7.70. The molecule has 0 aromatic heterocycles. The smallest absolute Gasteiger partial charge is 0.410 e. The van der Waals surface area contributed by atoms with E-state index in [2.05, 4.69) is 22.5 Å². The van der Waals surface area contributed by atoms with Crippen LogP contribution in [-0.2, 0) is 11.2 Å². The van der Waals surface area contributed by atoms with Gasteiger partial charge in [-0.25, -0.2) is 4.79 Å². The van der Waals surface area contributed by atoms with Gasteiger partial charge >= 0.3 is 6.09 Å². The Morgan fingerprint density at radius 1 is 1.16 bits per heavy atom. The molecule has 0 spiro atoms. The van der Waals surface area contributed by atoms with E-state index in [-0.39, 0.29) is 17.9 Å². The van der Waals surface area contributed by atoms with Gasteiger partial charge < -0.3 is 25.2 Å². The van der Waals surface area contributed by atoms with E-state index in [1.54, 1.807) is 30.9 Å². The number of rotatable bonds is 9. The highest BCUT2D eigenvalue weighted by molar-refractivity contribution is 5.94. The van der Waals surface area contributed by atoms with Gasteiger partial charge in [0.25, 0.3) is 5.91 Å². The summed E-state index contributed by atoms with van der Waals surface area (Å²) in [5.74, 6) is 0.913. The highest BCUT2D eigenvalue weighted by Crippen LogP contribution is 2.10. The lowest BCUT2D eigenvalue weighted by Crippen LogP contribution is -2.39. The first-order chi connectivity index (χ1) is 14.9. The maximum atomic E-state index is 12.1. The van der Waals surface area contributed by atoms with Crippen LogP contribution in [0.3, 0.4) is 0 Å². The minimum Gasteiger partial charge on any atom is -0.444 e. The van der Waals surface area contributed by atoms with Crippen molar-refractivity contribution in [3.63, 3.8) is 0 Å². The predicted molar refractivity (Wildman–Crippen MR) is 130 cm³/mol. The van der Waals surface area contributed by atoms with Crippen molar-refractivity contribution in [2.24, 2.45) is 10.9 Å². The molecule has 8 heteroatoms. The minimum absolute atomic E-state index is 0.0000441. The van der Waals surface area contributed by atoms with Gasteiger partial charge in [0.2, 0.25) is 0 Å². The van der Waals surface area contributed by atoms with E-state index in [0.717, 1.165) is 24.5 Å². The molecule has 8 nitrogen and oxygen atoms in total. The molecule has 0 saturated carbocycles. The zero-order chi connectivity index (χ0) is 24.3. The maximum Gasteiger partial charge on any atom is 0.410 e. The first-order valence-electron chi connectivity index (χ1n) is 11.2. The van der Waals surface area contributed by atoms with Gasteiger partial charge in [-0.05, 0) is 57.7 Å². The zero-order valence-electron chi connectivity index (χ0n) is 21.0. The van der Waals surface area contributed by atoms with Crippen molar-refractivity contribution in [1.29, 1.82) is 0 Å². The number of guanidine groups is 1. The molecule has 1 aromatic rings. The highest BCUT2D eigenvalue weighted by Gasteiger charge is 2.20. The van der Waals surface area contributed by atoms with Crippen LogP contribution in [0.15, 0.2) is 29.3 Å². The van der Waals surface area contributed by atoms with E-state index < -0.39 is 5.60 Å². The fourth-order valence-electron chi connectivity index (χ4n) is 2.97. The second kappa shape index (κ2) is 12.9. The highest BCUT2D eigenvalue weighted by atomic mass is 16.6. The molecule has 32 heavy (non-hydrogen) atoms. The van der Waals surface area contributed by atoms with Crippen molar-refractivity contribution in [2.45, 2.75) is 46.6 Å². The lowest BCUT2D eigenvalue weighted by Gasteiger charge is -2.26. The topological polar surface area (TPSA) is 86.3 Å². The Kier molecular flexibility index (Phi) is 11.0. The molecule has 2 N–H and O–H groups in total. The molecule has 180 valence electrons. The van der Waals surface area contributed by atoms with Crippen LogP contribution >= 0.6 is 0 Å². The van der Waals surface area contributed by atoms with E-state index in [1.165, 1.54) is 0 Å². The number of aliphatic imine (C=N–C) groups is 1. The molecular formula is C24H41N5O3. The van der Waals surface area contributed by atoms with E-state index in [0.29, 0.717) is 25.2 Å². The Morgan fingerprint density at radius 3 is 2.44 bits per heavy atom. The fraction of sp³-hybridized carbons (Fsp3) is 0.625. The summed E-state index contributed by atoms with van der Waals surface area (Å²) in [7, 11) is 5.25. The summed E-state index contributed by atoms with van der Waals surface area (Å²) in [6.45, 7) is 12.2. The molecule has 0 heterocycles. The van der Waals surface area contributed by atoms with Crippen molar-refractivity contribution < 1.29 is 14.3 Å². The summed E-state index contributed by atoms with van der Waals surface area (Å²) in [4.78, 5) is 32.1. The number of ether oxygens (including phenoxy) is 1. The number of amides is 2. The summed E-state index contributed by atoms with van der Waals surface area (Å²) in [5.41, 5.74) is 1.28. The molecule has 1 atom stereocenters. The number of nitrogens with zero attached hydrogens (tertiary/aromatic N) is 3. The molecule has 0 aliphatic rings. The van der Waals surface area contributed by atoms with Crippen molar-refractivity contribution in [3.05, 3.63) is 35.4 Å². The number of carbonyl (C=O) groups is 2. The third kappa shape index (κ3) is 10.5. The third-order valence-corrected chi connectivity index (χ3v) is 4.48. The number of benzene rings is 1. The SMILES string of the molecule is CCNC(=NCC(C)CN(C)C(=O)OC(C)(C)C)NCCc1cccc(C(=O)N(C)C)c1. The Hall–Kier alpha value is -2.77. The Bertz CT molecular complexity index is 771. The van der Waals surface area contributed by atoms with E-state index in [4.69, 9.17) is 4.74 Å². The van der Waals surface area contributed by atoms with Crippen LogP contribution < -0.4 is 10.6 Å². The van der Waals surface area contributed by atoms with Crippen LogP contribution in [0.25, 0.3) is 0 Å². The van der Waals surface area contributed by atoms with Crippen LogP contribution in [0.1, 0.15) is 50.5 Å². The lowest BCUT2D eigenvalue weighted by atomic mass is 10.1. The van der Waals surface area contributed by atoms with Crippen molar-refractivity contribution in [2.75, 3.05) is 47.3 Å². The van der Waals surface area contributed by atoms with Crippen LogP contribution in [0, 0.1) is 5.92 Å². The number of carbonyl (C=O) groups excluding carboxylic acids is 2. The summed E-state index contributed by atoms with van der Waals surface area (Å²) in [5, 5.41) is 6.59. The van der Waals surface area contributed by atoms with Crippen LogP contribution in [0.5, 0.6) is 0 Å². The number of nitrogens with one attached hydrogen (secondary N) is 2. The molecular weight excluding hydrogens is 406 g/mol. The minimum atomic E-state index is -0.506. The normalized spacial score (nSPS) is 12.7. The molecule has 2 amide bonds. The Labute approximate surface area is 193 Å². The summed E-state index contributed by atoms with van der Waals surface area (Å²) >= 11 is 0. The quantitative estimate of drug-likeness (QED) is 0.449. The van der Waals surface area contributed by atoms with Gasteiger partial charge in [-0.3, -0.25) is 9.79 Å². The largest absolute Gasteiger partial charge is 0.444 e. The van der Waals surface area contributed by atoms with Crippen molar-refractivity contribution in [1.82, 2.24) is 20.4 Å². The molecule has 0 fully saturated rings. The van der Waals surface area contributed by atoms with Gasteiger partial charge in [0.15, 0.2) is 5.96 Å². The van der Waals surface area contributed by atoms with Crippen LogP contribution in [0.4, 0.5) is 4.79 Å². The molecule has 1 aromatic carbocycles. The van der Waals surface area contributed by atoms with Gasteiger partial charge in [0, 0.05) is 52.9 Å². The average Bonchev–Trinajstić information content (AvgIpc) is 2.70. The van der Waals surface area contributed by atoms with Crippen LogP contribution in [0.2, 0.25) is 0 Å². The number of hydrogen-bond donors (Lipinski definition) is 2. The first-order valence-corrected chi connectivity index (χ1v) is 11.2. The zero-order valence-corrected chi connectivity index (χ0v) is 21.0. The van der Waals surface area contributed by atoms with Crippen molar-refractivity contribution >= 4 is 18.0 Å². The van der Waals surface area contributed by atoms with Crippen molar-refractivity contribution in [3.8, 4) is 0 Å². The predicted octanol–water partition coefficient (Wildman–Crippen LogP) is 2.99. The second-order valence-corrected chi connectivity index (χ2v) is 9.26. The van der Waals surface area contributed by atoms with E-state index in [1.807, 2.05) is 52.0 Å². The maximum absolute atomic E-state index is 12.1. The average molecular weight is 448 g/mol. The van der Waals surface area contributed by atoms with Gasteiger partial charge in [-0.1, -0.05) is 19.1 Å². The monoisotopic (exact) mass is 447 g/mol. The Morgan fingerprint density at radius 2 is 1.84 bits per heavy atom.